The van der Waals surface area contributed by atoms with Crippen molar-refractivity contribution in [3.63, 3.8) is 0 Å². The van der Waals surface area contributed by atoms with E-state index in [4.69, 9.17) is 4.74 Å². The molecule has 1 amide bonds. The summed E-state index contributed by atoms with van der Waals surface area (Å²) in [6.07, 6.45) is 4.14. The van der Waals surface area contributed by atoms with E-state index in [1.165, 1.54) is 12.1 Å². The minimum absolute atomic E-state index is 0.274. The molecule has 1 aromatic heterocycles. The Morgan fingerprint density at radius 3 is 2.75 bits per heavy atom. The summed E-state index contributed by atoms with van der Waals surface area (Å²) in [4.78, 5) is 18.1. The third-order valence-electron chi connectivity index (χ3n) is 3.91. The lowest BCUT2D eigenvalue weighted by Crippen LogP contribution is -2.39. The molecule has 1 aliphatic rings. The number of ether oxygens (including phenoxy) is 1. The number of aromatic nitrogens is 1. The minimum Gasteiger partial charge on any atom is -0.444 e. The van der Waals surface area contributed by atoms with Crippen LogP contribution in [0.25, 0.3) is 16.5 Å². The largest absolute Gasteiger partial charge is 0.444 e. The molecule has 24 heavy (non-hydrogen) atoms. The average Bonchev–Trinajstić information content (AvgIpc) is 2.53. The Bertz CT molecular complexity index is 809. The van der Waals surface area contributed by atoms with Crippen LogP contribution >= 0.6 is 0 Å². The molecule has 2 heterocycles. The van der Waals surface area contributed by atoms with Gasteiger partial charge in [-0.15, -0.1) is 0 Å². The van der Waals surface area contributed by atoms with Gasteiger partial charge in [0.1, 0.15) is 11.4 Å². The van der Waals surface area contributed by atoms with Gasteiger partial charge in [-0.3, -0.25) is 4.98 Å². The SMILES string of the molecule is CC(C)(C)OC(=O)N1CC=C(c2ccnc3ccc(F)cc23)CC1. The number of benzene rings is 1. The number of nitrogens with zero attached hydrogens (tertiary/aromatic N) is 2. The van der Waals surface area contributed by atoms with E-state index < -0.39 is 5.60 Å². The summed E-state index contributed by atoms with van der Waals surface area (Å²) in [5, 5.41) is 0.800. The van der Waals surface area contributed by atoms with Gasteiger partial charge in [-0.05, 0) is 62.6 Å². The van der Waals surface area contributed by atoms with Crippen molar-refractivity contribution in [2.75, 3.05) is 13.1 Å². The molecular weight excluding hydrogens is 307 g/mol. The molecule has 2 aromatic rings. The summed E-state index contributed by atoms with van der Waals surface area (Å²) in [6, 6.07) is 6.51. The maximum absolute atomic E-state index is 13.6. The van der Waals surface area contributed by atoms with Crippen LogP contribution in [0.15, 0.2) is 36.5 Å². The number of carbonyl (C=O) groups excluding carboxylic acids is 1. The number of carbonyl (C=O) groups is 1. The van der Waals surface area contributed by atoms with Gasteiger partial charge in [0.15, 0.2) is 0 Å². The van der Waals surface area contributed by atoms with E-state index in [1.54, 1.807) is 17.2 Å². The molecule has 1 aliphatic heterocycles. The molecule has 0 saturated carbocycles. The summed E-state index contributed by atoms with van der Waals surface area (Å²) < 4.78 is 19.0. The Morgan fingerprint density at radius 1 is 1.29 bits per heavy atom. The van der Waals surface area contributed by atoms with Crippen LogP contribution < -0.4 is 0 Å². The summed E-state index contributed by atoms with van der Waals surface area (Å²) >= 11 is 0. The summed E-state index contributed by atoms with van der Waals surface area (Å²) in [7, 11) is 0. The maximum atomic E-state index is 13.6. The second-order valence-electron chi connectivity index (χ2n) is 6.93. The zero-order valence-electron chi connectivity index (χ0n) is 14.2. The number of hydrogen-bond acceptors (Lipinski definition) is 3. The number of amides is 1. The fourth-order valence-corrected chi connectivity index (χ4v) is 2.80. The summed E-state index contributed by atoms with van der Waals surface area (Å²) in [5.74, 6) is -0.274. The molecule has 5 heteroatoms. The van der Waals surface area contributed by atoms with Crippen LogP contribution in [0.2, 0.25) is 0 Å². The number of hydrogen-bond donors (Lipinski definition) is 0. The van der Waals surface area contributed by atoms with Gasteiger partial charge in [0.05, 0.1) is 5.52 Å². The topological polar surface area (TPSA) is 42.4 Å². The van der Waals surface area contributed by atoms with Gasteiger partial charge < -0.3 is 9.64 Å². The third-order valence-corrected chi connectivity index (χ3v) is 3.91. The molecule has 0 unspecified atom stereocenters. The van der Waals surface area contributed by atoms with Crippen LogP contribution in [0.4, 0.5) is 9.18 Å². The molecule has 0 radical (unpaired) electrons. The van der Waals surface area contributed by atoms with Gasteiger partial charge in [-0.1, -0.05) is 6.08 Å². The molecule has 0 atom stereocenters. The Labute approximate surface area is 140 Å². The maximum Gasteiger partial charge on any atom is 0.410 e. The first-order chi connectivity index (χ1) is 11.3. The first-order valence-electron chi connectivity index (χ1n) is 8.05. The lowest BCUT2D eigenvalue weighted by atomic mass is 9.96. The number of pyridine rings is 1. The van der Waals surface area contributed by atoms with E-state index in [9.17, 15) is 9.18 Å². The second kappa shape index (κ2) is 6.23. The van der Waals surface area contributed by atoms with Gasteiger partial charge >= 0.3 is 6.09 Å². The highest BCUT2D eigenvalue weighted by atomic mass is 19.1. The number of fused-ring (bicyclic) bond motifs is 1. The zero-order valence-corrected chi connectivity index (χ0v) is 14.2. The molecule has 4 nitrogen and oxygen atoms in total. The third kappa shape index (κ3) is 3.55. The molecule has 0 spiro atoms. The normalized spacial score (nSPS) is 15.3. The molecule has 3 rings (SSSR count). The van der Waals surface area contributed by atoms with Crippen LogP contribution in [0, 0.1) is 5.82 Å². The van der Waals surface area contributed by atoms with Gasteiger partial charge in [0, 0.05) is 24.7 Å². The van der Waals surface area contributed by atoms with E-state index in [0.29, 0.717) is 19.5 Å². The summed E-state index contributed by atoms with van der Waals surface area (Å²) in [5.41, 5.74) is 2.35. The first kappa shape index (κ1) is 16.4. The Kier molecular flexibility index (Phi) is 4.26. The fraction of sp³-hybridized carbons (Fsp3) is 0.368. The Morgan fingerprint density at radius 2 is 2.08 bits per heavy atom. The van der Waals surface area contributed by atoms with E-state index in [1.807, 2.05) is 32.9 Å². The van der Waals surface area contributed by atoms with Crippen molar-refractivity contribution in [3.05, 3.63) is 47.9 Å². The van der Waals surface area contributed by atoms with Crippen molar-refractivity contribution >= 4 is 22.6 Å². The highest BCUT2D eigenvalue weighted by Gasteiger charge is 2.24. The quantitative estimate of drug-likeness (QED) is 0.779. The van der Waals surface area contributed by atoms with Crippen molar-refractivity contribution in [1.82, 2.24) is 9.88 Å². The van der Waals surface area contributed by atoms with Gasteiger partial charge in [0.2, 0.25) is 0 Å². The molecule has 126 valence electrons. The van der Waals surface area contributed by atoms with Crippen LogP contribution in [0.5, 0.6) is 0 Å². The zero-order chi connectivity index (χ0) is 17.3. The highest BCUT2D eigenvalue weighted by molar-refractivity contribution is 5.92. The van der Waals surface area contributed by atoms with E-state index in [2.05, 4.69) is 4.98 Å². The predicted octanol–water partition coefficient (Wildman–Crippen LogP) is 4.40. The van der Waals surface area contributed by atoms with E-state index >= 15 is 0 Å². The monoisotopic (exact) mass is 328 g/mol. The molecule has 0 aliphatic carbocycles. The molecule has 0 saturated heterocycles. The fourth-order valence-electron chi connectivity index (χ4n) is 2.80. The van der Waals surface area contributed by atoms with Crippen LogP contribution in [0.3, 0.4) is 0 Å². The van der Waals surface area contributed by atoms with E-state index in [-0.39, 0.29) is 11.9 Å². The van der Waals surface area contributed by atoms with Gasteiger partial charge in [0.25, 0.3) is 0 Å². The average molecular weight is 328 g/mol. The van der Waals surface area contributed by atoms with Crippen molar-refractivity contribution < 1.29 is 13.9 Å². The smallest absolute Gasteiger partial charge is 0.410 e. The lowest BCUT2D eigenvalue weighted by Gasteiger charge is -2.29. The molecular formula is C19H21FN2O2. The van der Waals surface area contributed by atoms with Crippen molar-refractivity contribution in [1.29, 1.82) is 0 Å². The highest BCUT2D eigenvalue weighted by Crippen LogP contribution is 2.29. The summed E-state index contributed by atoms with van der Waals surface area (Å²) in [6.45, 7) is 6.64. The molecule has 0 N–H and O–H groups in total. The van der Waals surface area contributed by atoms with Gasteiger partial charge in [-0.2, -0.15) is 0 Å². The van der Waals surface area contributed by atoms with Crippen molar-refractivity contribution in [3.8, 4) is 0 Å². The van der Waals surface area contributed by atoms with Crippen LogP contribution in [-0.4, -0.2) is 34.7 Å². The van der Waals surface area contributed by atoms with Crippen LogP contribution in [0.1, 0.15) is 32.8 Å². The van der Waals surface area contributed by atoms with Crippen molar-refractivity contribution in [2.24, 2.45) is 0 Å². The van der Waals surface area contributed by atoms with Gasteiger partial charge in [-0.25, -0.2) is 9.18 Å². The standard InChI is InChI=1S/C19H21FN2O2/c1-19(2,3)24-18(23)22-10-7-13(8-11-22)15-6-9-21-17-5-4-14(20)12-16(15)17/h4-7,9,12H,8,10-11H2,1-3H3. The van der Waals surface area contributed by atoms with Crippen LogP contribution in [-0.2, 0) is 4.74 Å². The Hall–Kier alpha value is -2.43. The number of rotatable bonds is 1. The van der Waals surface area contributed by atoms with Crippen molar-refractivity contribution in [2.45, 2.75) is 32.8 Å². The minimum atomic E-state index is -0.500. The molecule has 1 aromatic carbocycles. The first-order valence-corrected chi connectivity index (χ1v) is 8.05. The molecule has 0 bridgehead atoms. The lowest BCUT2D eigenvalue weighted by molar-refractivity contribution is 0.0270. The molecule has 0 fully saturated rings. The Balaban J connectivity index is 1.83. The van der Waals surface area contributed by atoms with E-state index in [0.717, 1.165) is 22.0 Å². The number of halogens is 1. The second-order valence-corrected chi connectivity index (χ2v) is 6.93. The predicted molar refractivity (Wildman–Crippen MR) is 92.1 cm³/mol.